The maximum absolute atomic E-state index is 13.5. The molecule has 0 aliphatic heterocycles. The monoisotopic (exact) mass is 737 g/mol. The first-order valence-corrected chi connectivity index (χ1v) is 17.3. The molecule has 3 rings (SSSR count). The fourth-order valence-electron chi connectivity index (χ4n) is 4.94. The number of aromatic nitrogens is 1. The van der Waals surface area contributed by atoms with Crippen LogP contribution < -0.4 is 26.0 Å². The van der Waals surface area contributed by atoms with Crippen molar-refractivity contribution in [2.75, 3.05) is 71.2 Å². The van der Waals surface area contributed by atoms with Gasteiger partial charge in [-0.05, 0) is 55.0 Å². The van der Waals surface area contributed by atoms with E-state index in [1.807, 2.05) is 19.1 Å². The van der Waals surface area contributed by atoms with Crippen molar-refractivity contribution < 1.29 is 38.5 Å². The fraction of sp³-hybridized carbons (Fsp3) is 0.455. The minimum atomic E-state index is -0.980. The summed E-state index contributed by atoms with van der Waals surface area (Å²) in [5.41, 5.74) is 2.53. The second-order valence-electron chi connectivity index (χ2n) is 10.9. The maximum Gasteiger partial charge on any atom is 0.321 e. The van der Waals surface area contributed by atoms with Gasteiger partial charge in [-0.2, -0.15) is 25.3 Å². The Balaban J connectivity index is 1.36. The summed E-state index contributed by atoms with van der Waals surface area (Å²) in [4.78, 5) is 49.8. The van der Waals surface area contributed by atoms with E-state index in [4.69, 9.17) is 30.9 Å². The van der Waals surface area contributed by atoms with Crippen LogP contribution >= 0.6 is 36.9 Å². The van der Waals surface area contributed by atoms with Crippen LogP contribution in [0, 0.1) is 6.92 Å². The largest absolute Gasteiger partial charge is 0.497 e. The molecule has 2 aromatic carbocycles. The number of halogens is 1. The summed E-state index contributed by atoms with van der Waals surface area (Å²) in [5.74, 6) is -0.608. The molecule has 13 nitrogen and oxygen atoms in total. The lowest BCUT2D eigenvalue weighted by Gasteiger charge is -2.18. The smallest absolute Gasteiger partial charge is 0.321 e. The van der Waals surface area contributed by atoms with Crippen LogP contribution in [0.15, 0.2) is 42.5 Å². The lowest BCUT2D eigenvalue weighted by molar-refractivity contribution is -0.138. The molecule has 5 N–H and O–H groups in total. The third kappa shape index (κ3) is 12.2. The molecule has 0 saturated heterocycles. The Hall–Kier alpha value is -3.31. The van der Waals surface area contributed by atoms with Crippen molar-refractivity contribution >= 4 is 71.5 Å². The van der Waals surface area contributed by atoms with Crippen LogP contribution in [0.5, 0.6) is 5.75 Å². The number of carbonyl (C=O) groups excluding carboxylic acids is 3. The van der Waals surface area contributed by atoms with Crippen molar-refractivity contribution in [3.8, 4) is 5.75 Å². The third-order valence-electron chi connectivity index (χ3n) is 7.55. The van der Waals surface area contributed by atoms with Crippen LogP contribution in [0.25, 0.3) is 10.9 Å². The van der Waals surface area contributed by atoms with Gasteiger partial charge in [-0.1, -0.05) is 11.6 Å². The molecule has 49 heavy (non-hydrogen) atoms. The van der Waals surface area contributed by atoms with E-state index in [1.54, 1.807) is 42.0 Å². The van der Waals surface area contributed by atoms with Gasteiger partial charge in [-0.15, -0.1) is 0 Å². The molecule has 0 radical (unpaired) electrons. The Labute approximate surface area is 301 Å². The summed E-state index contributed by atoms with van der Waals surface area (Å²) < 4.78 is 18.1. The van der Waals surface area contributed by atoms with Crippen molar-refractivity contribution in [1.82, 2.24) is 25.8 Å². The summed E-state index contributed by atoms with van der Waals surface area (Å²) in [6, 6.07) is 10.8. The average Bonchev–Trinajstić information content (AvgIpc) is 3.36. The molecule has 1 aromatic heterocycles. The number of nitrogens with one attached hydrogen (secondary N) is 4. The average molecular weight is 738 g/mol. The Morgan fingerprint density at radius 1 is 0.857 bits per heavy atom. The second kappa shape index (κ2) is 21.0. The van der Waals surface area contributed by atoms with E-state index in [-0.39, 0.29) is 48.9 Å². The van der Waals surface area contributed by atoms with Crippen LogP contribution in [0.1, 0.15) is 21.6 Å². The second-order valence-corrected chi connectivity index (χ2v) is 12.0. The number of carboxylic acid groups (broad SMARTS) is 1. The summed E-state index contributed by atoms with van der Waals surface area (Å²) in [5, 5.41) is 21.8. The highest BCUT2D eigenvalue weighted by molar-refractivity contribution is 7.80. The number of hydrogen-bond acceptors (Lipinski definition) is 11. The molecular formula is C33H44ClN5O8S2. The highest BCUT2D eigenvalue weighted by atomic mass is 35.5. The molecule has 0 unspecified atom stereocenters. The first kappa shape index (κ1) is 40.1. The number of hydrogen-bond donors (Lipinski definition) is 7. The number of carbonyl (C=O) groups is 4. The van der Waals surface area contributed by atoms with Crippen molar-refractivity contribution in [2.24, 2.45) is 0 Å². The van der Waals surface area contributed by atoms with E-state index in [0.29, 0.717) is 66.9 Å². The lowest BCUT2D eigenvalue weighted by atomic mass is 10.1. The Morgan fingerprint density at radius 3 is 2.06 bits per heavy atom. The maximum atomic E-state index is 13.5. The van der Waals surface area contributed by atoms with E-state index in [0.717, 1.165) is 10.9 Å². The van der Waals surface area contributed by atoms with Crippen molar-refractivity contribution in [1.29, 1.82) is 0 Å². The molecule has 3 aromatic rings. The molecule has 16 heteroatoms. The van der Waals surface area contributed by atoms with E-state index in [2.05, 4.69) is 46.5 Å². The van der Waals surface area contributed by atoms with Gasteiger partial charge in [0.25, 0.3) is 5.91 Å². The van der Waals surface area contributed by atoms with Gasteiger partial charge in [-0.3, -0.25) is 23.7 Å². The minimum absolute atomic E-state index is 0.0625. The molecule has 0 saturated carbocycles. The molecule has 1 heterocycles. The van der Waals surface area contributed by atoms with Gasteiger partial charge in [0.2, 0.25) is 11.8 Å². The lowest BCUT2D eigenvalue weighted by Crippen LogP contribution is -2.49. The van der Waals surface area contributed by atoms with Crippen LogP contribution in [0.3, 0.4) is 0 Å². The van der Waals surface area contributed by atoms with Crippen molar-refractivity contribution in [3.05, 3.63) is 64.3 Å². The molecule has 0 aliphatic carbocycles. The van der Waals surface area contributed by atoms with E-state index >= 15 is 0 Å². The SMILES string of the molecule is COc1ccc2c(c1)c(CC(=O)NCCOCCOCCNC(=O)[C@@H](CS)NCCN[C@H](CS)C(=O)O)c(C)n2C(=O)c1ccc(Cl)cc1. The van der Waals surface area contributed by atoms with Gasteiger partial charge in [0, 0.05) is 59.4 Å². The predicted octanol–water partition coefficient (Wildman–Crippen LogP) is 1.97. The molecule has 0 aliphatic rings. The highest BCUT2D eigenvalue weighted by Crippen LogP contribution is 2.31. The van der Waals surface area contributed by atoms with E-state index in [9.17, 15) is 19.2 Å². The summed E-state index contributed by atoms with van der Waals surface area (Å²) in [7, 11) is 1.56. The van der Waals surface area contributed by atoms with Crippen LogP contribution in [-0.2, 0) is 30.3 Å². The Morgan fingerprint density at radius 2 is 1.47 bits per heavy atom. The van der Waals surface area contributed by atoms with Gasteiger partial charge >= 0.3 is 5.97 Å². The number of carboxylic acids is 1. The quantitative estimate of drug-likeness (QED) is 0.0598. The first-order valence-electron chi connectivity index (χ1n) is 15.7. The topological polar surface area (TPSA) is 169 Å². The molecule has 0 spiro atoms. The molecule has 2 amide bonds. The predicted molar refractivity (Wildman–Crippen MR) is 195 cm³/mol. The highest BCUT2D eigenvalue weighted by Gasteiger charge is 2.22. The third-order valence-corrected chi connectivity index (χ3v) is 8.53. The van der Waals surface area contributed by atoms with Gasteiger partial charge in [-0.25, -0.2) is 0 Å². The fourth-order valence-corrected chi connectivity index (χ4v) is 5.64. The Bertz CT molecular complexity index is 1560. The number of amides is 2. The summed E-state index contributed by atoms with van der Waals surface area (Å²) in [6.45, 7) is 4.33. The standard InChI is InChI=1S/C33H44ClN5O8S2/c1-21-25(26-17-24(45-2)7-8-29(26)39(21)32(42)22-3-5-23(34)6-4-22)18-30(40)37-11-13-46-15-16-47-14-12-38-31(41)27(19-48)35-9-10-36-28(20-49)33(43)44/h3-8,17,27-28,35-36,48-49H,9-16,18-20H2,1-2H3,(H,37,40)(H,38,41)(H,43,44)/t27-,28-/m1/s1. The molecular weight excluding hydrogens is 694 g/mol. The van der Waals surface area contributed by atoms with Gasteiger partial charge < -0.3 is 40.6 Å². The van der Waals surface area contributed by atoms with Gasteiger partial charge in [0.15, 0.2) is 0 Å². The van der Waals surface area contributed by atoms with Crippen LogP contribution in [0.2, 0.25) is 5.02 Å². The molecule has 0 bridgehead atoms. The van der Waals surface area contributed by atoms with Gasteiger partial charge in [0.1, 0.15) is 11.8 Å². The number of aliphatic carboxylic acids is 1. The van der Waals surface area contributed by atoms with Crippen molar-refractivity contribution in [3.63, 3.8) is 0 Å². The zero-order valence-corrected chi connectivity index (χ0v) is 30.0. The molecule has 0 fully saturated rings. The number of thiol groups is 2. The number of ether oxygens (including phenoxy) is 3. The number of methoxy groups -OCH3 is 1. The number of nitrogens with zero attached hydrogens (tertiary/aromatic N) is 1. The zero-order chi connectivity index (χ0) is 35.8. The van der Waals surface area contributed by atoms with Crippen LogP contribution in [-0.4, -0.2) is 117 Å². The number of fused-ring (bicyclic) bond motifs is 1. The van der Waals surface area contributed by atoms with Crippen LogP contribution in [0.4, 0.5) is 0 Å². The summed E-state index contributed by atoms with van der Waals surface area (Å²) in [6.07, 6.45) is 0.0625. The Kier molecular flexibility index (Phi) is 17.2. The number of benzene rings is 2. The van der Waals surface area contributed by atoms with Crippen molar-refractivity contribution in [2.45, 2.75) is 25.4 Å². The first-order chi connectivity index (χ1) is 23.6. The number of rotatable bonds is 22. The van der Waals surface area contributed by atoms with E-state index in [1.165, 1.54) is 0 Å². The van der Waals surface area contributed by atoms with Gasteiger partial charge in [0.05, 0.1) is 51.5 Å². The molecule has 268 valence electrons. The minimum Gasteiger partial charge on any atom is -0.497 e. The normalized spacial score (nSPS) is 12.4. The molecule has 2 atom stereocenters. The zero-order valence-electron chi connectivity index (χ0n) is 27.5. The van der Waals surface area contributed by atoms with E-state index < -0.39 is 18.1 Å². The summed E-state index contributed by atoms with van der Waals surface area (Å²) >= 11 is 14.2.